The number of aromatic nitrogens is 2. The van der Waals surface area contributed by atoms with Crippen LogP contribution in [-0.4, -0.2) is 21.3 Å². The summed E-state index contributed by atoms with van der Waals surface area (Å²) < 4.78 is 1.97. The third-order valence-corrected chi connectivity index (χ3v) is 4.48. The van der Waals surface area contributed by atoms with Gasteiger partial charge in [0.25, 0.3) is 0 Å². The second-order valence-corrected chi connectivity index (χ2v) is 6.13. The van der Waals surface area contributed by atoms with Gasteiger partial charge in [-0.3, -0.25) is 9.20 Å². The molecular weight excluding hydrogens is 258 g/mol. The fraction of sp³-hybridized carbons (Fsp3) is 0.571. The third kappa shape index (κ3) is 3.15. The molecule has 1 fully saturated rings. The van der Waals surface area contributed by atoms with Crippen molar-refractivity contribution < 1.29 is 4.79 Å². The Labute approximate surface area is 116 Å². The van der Waals surface area contributed by atoms with E-state index in [2.05, 4.69) is 10.3 Å². The Bertz CT molecular complexity index is 523. The number of thiazole rings is 1. The van der Waals surface area contributed by atoms with Crippen LogP contribution in [0.2, 0.25) is 0 Å². The predicted molar refractivity (Wildman–Crippen MR) is 76.4 cm³/mol. The van der Waals surface area contributed by atoms with E-state index in [1.54, 1.807) is 11.3 Å². The summed E-state index contributed by atoms with van der Waals surface area (Å²) in [4.78, 5) is 17.4. The molecule has 1 aliphatic carbocycles. The van der Waals surface area contributed by atoms with Crippen molar-refractivity contribution >= 4 is 22.2 Å². The molecule has 102 valence electrons. The monoisotopic (exact) mass is 277 g/mol. The molecule has 0 spiro atoms. The highest BCUT2D eigenvalue weighted by molar-refractivity contribution is 7.15. The lowest BCUT2D eigenvalue weighted by Gasteiger charge is -2.15. The number of nitrogens with one attached hydrogen (secondary N) is 1. The van der Waals surface area contributed by atoms with Gasteiger partial charge in [0.1, 0.15) is 0 Å². The van der Waals surface area contributed by atoms with Gasteiger partial charge in [-0.15, -0.1) is 11.3 Å². The van der Waals surface area contributed by atoms with Crippen molar-refractivity contribution in [3.63, 3.8) is 0 Å². The first kappa shape index (κ1) is 12.7. The molecule has 0 aliphatic heterocycles. The highest BCUT2D eigenvalue weighted by atomic mass is 32.1. The molecule has 4 nitrogen and oxygen atoms in total. The van der Waals surface area contributed by atoms with Gasteiger partial charge in [0.15, 0.2) is 4.96 Å². The molecule has 2 aromatic rings. The van der Waals surface area contributed by atoms with Crippen molar-refractivity contribution in [1.82, 2.24) is 14.7 Å². The maximum atomic E-state index is 12.0. The van der Waals surface area contributed by atoms with E-state index < -0.39 is 0 Å². The summed E-state index contributed by atoms with van der Waals surface area (Å²) in [5, 5.41) is 5.16. The fourth-order valence-electron chi connectivity index (χ4n) is 2.73. The van der Waals surface area contributed by atoms with Crippen LogP contribution in [0.3, 0.4) is 0 Å². The zero-order chi connectivity index (χ0) is 13.1. The number of imidazole rings is 1. The molecule has 0 unspecified atom stereocenters. The minimum Gasteiger partial charge on any atom is -0.353 e. The van der Waals surface area contributed by atoms with Gasteiger partial charge in [-0.25, -0.2) is 4.98 Å². The van der Waals surface area contributed by atoms with Gasteiger partial charge in [-0.2, -0.15) is 0 Å². The summed E-state index contributed by atoms with van der Waals surface area (Å²) in [7, 11) is 0. The van der Waals surface area contributed by atoms with Crippen molar-refractivity contribution in [2.24, 2.45) is 0 Å². The number of rotatable bonds is 3. The largest absolute Gasteiger partial charge is 0.353 e. The van der Waals surface area contributed by atoms with Gasteiger partial charge in [0.2, 0.25) is 5.91 Å². The zero-order valence-electron chi connectivity index (χ0n) is 11.0. The van der Waals surface area contributed by atoms with Crippen LogP contribution in [0.5, 0.6) is 0 Å². The lowest BCUT2D eigenvalue weighted by Crippen LogP contribution is -2.35. The molecule has 0 aromatic carbocycles. The van der Waals surface area contributed by atoms with E-state index in [9.17, 15) is 4.79 Å². The van der Waals surface area contributed by atoms with Gasteiger partial charge in [0.05, 0.1) is 12.1 Å². The van der Waals surface area contributed by atoms with E-state index in [-0.39, 0.29) is 5.91 Å². The van der Waals surface area contributed by atoms with Crippen LogP contribution >= 0.6 is 11.3 Å². The van der Waals surface area contributed by atoms with Crippen molar-refractivity contribution in [1.29, 1.82) is 0 Å². The SMILES string of the molecule is O=C(Cc1cn2ccsc2n1)NC1CCCCCC1. The maximum absolute atomic E-state index is 12.0. The van der Waals surface area contributed by atoms with Crippen LogP contribution in [0, 0.1) is 0 Å². The number of hydrogen-bond donors (Lipinski definition) is 1. The molecule has 3 rings (SSSR count). The Balaban J connectivity index is 1.56. The summed E-state index contributed by atoms with van der Waals surface area (Å²) in [6, 6.07) is 0.374. The average molecular weight is 277 g/mol. The zero-order valence-corrected chi connectivity index (χ0v) is 11.8. The first-order valence-electron chi connectivity index (χ1n) is 7.02. The van der Waals surface area contributed by atoms with E-state index in [0.29, 0.717) is 12.5 Å². The Hall–Kier alpha value is -1.36. The predicted octanol–water partition coefficient (Wildman–Crippen LogP) is 2.78. The summed E-state index contributed by atoms with van der Waals surface area (Å²) in [6.45, 7) is 0. The second kappa shape index (κ2) is 5.74. The third-order valence-electron chi connectivity index (χ3n) is 3.71. The van der Waals surface area contributed by atoms with Crippen molar-refractivity contribution in [3.8, 4) is 0 Å². The Morgan fingerprint density at radius 2 is 2.16 bits per heavy atom. The van der Waals surface area contributed by atoms with Crippen molar-refractivity contribution in [3.05, 3.63) is 23.5 Å². The Kier molecular flexibility index (Phi) is 3.82. The highest BCUT2D eigenvalue weighted by Gasteiger charge is 2.15. The first-order valence-corrected chi connectivity index (χ1v) is 7.90. The first-order chi connectivity index (χ1) is 9.31. The van der Waals surface area contributed by atoms with E-state index in [1.165, 1.54) is 25.7 Å². The van der Waals surface area contributed by atoms with Gasteiger partial charge < -0.3 is 5.32 Å². The minimum atomic E-state index is 0.109. The van der Waals surface area contributed by atoms with Crippen LogP contribution in [-0.2, 0) is 11.2 Å². The quantitative estimate of drug-likeness (QED) is 0.877. The fourth-order valence-corrected chi connectivity index (χ4v) is 3.45. The number of hydrogen-bond acceptors (Lipinski definition) is 3. The van der Waals surface area contributed by atoms with Gasteiger partial charge in [0, 0.05) is 23.8 Å². The van der Waals surface area contributed by atoms with Gasteiger partial charge in [-0.1, -0.05) is 25.7 Å². The van der Waals surface area contributed by atoms with E-state index >= 15 is 0 Å². The van der Waals surface area contributed by atoms with Crippen LogP contribution in [0.15, 0.2) is 17.8 Å². The van der Waals surface area contributed by atoms with Gasteiger partial charge in [-0.05, 0) is 12.8 Å². The molecule has 5 heteroatoms. The van der Waals surface area contributed by atoms with Crippen LogP contribution in [0.1, 0.15) is 44.2 Å². The topological polar surface area (TPSA) is 46.4 Å². The molecule has 1 saturated carbocycles. The smallest absolute Gasteiger partial charge is 0.226 e. The van der Waals surface area contributed by atoms with Crippen LogP contribution in [0.4, 0.5) is 0 Å². The molecule has 0 radical (unpaired) electrons. The Morgan fingerprint density at radius 3 is 2.89 bits per heavy atom. The normalized spacial score (nSPS) is 17.5. The number of carbonyl (C=O) groups excluding carboxylic acids is 1. The molecule has 1 N–H and O–H groups in total. The Morgan fingerprint density at radius 1 is 1.37 bits per heavy atom. The summed E-state index contributed by atoms with van der Waals surface area (Å²) >= 11 is 1.59. The van der Waals surface area contributed by atoms with E-state index in [0.717, 1.165) is 23.5 Å². The second-order valence-electron chi connectivity index (χ2n) is 5.26. The molecule has 1 aliphatic rings. The standard InChI is InChI=1S/C14H19N3OS/c18-13(15-11-5-3-1-2-4-6-11)9-12-10-17-7-8-19-14(17)16-12/h7-8,10-11H,1-6,9H2,(H,15,18). The minimum absolute atomic E-state index is 0.109. The average Bonchev–Trinajstić information content (AvgIpc) is 2.83. The number of fused-ring (bicyclic) bond motifs is 1. The van der Waals surface area contributed by atoms with E-state index in [1.807, 2.05) is 22.2 Å². The van der Waals surface area contributed by atoms with Crippen molar-refractivity contribution in [2.45, 2.75) is 51.0 Å². The molecule has 0 atom stereocenters. The maximum Gasteiger partial charge on any atom is 0.226 e. The summed E-state index contributed by atoms with van der Waals surface area (Å²) in [5.41, 5.74) is 0.859. The van der Waals surface area contributed by atoms with Gasteiger partial charge >= 0.3 is 0 Å². The van der Waals surface area contributed by atoms with Crippen LogP contribution < -0.4 is 5.32 Å². The number of carbonyl (C=O) groups is 1. The van der Waals surface area contributed by atoms with Crippen LogP contribution in [0.25, 0.3) is 4.96 Å². The number of amides is 1. The lowest BCUT2D eigenvalue weighted by atomic mass is 10.1. The number of nitrogens with zero attached hydrogens (tertiary/aromatic N) is 2. The van der Waals surface area contributed by atoms with Crippen molar-refractivity contribution in [2.75, 3.05) is 0 Å². The molecule has 0 bridgehead atoms. The molecule has 0 saturated heterocycles. The molecule has 2 aromatic heterocycles. The summed E-state index contributed by atoms with van der Waals surface area (Å²) in [5.74, 6) is 0.109. The lowest BCUT2D eigenvalue weighted by molar-refractivity contribution is -0.121. The molecule has 2 heterocycles. The molecular formula is C14H19N3OS. The molecule has 1 amide bonds. The van der Waals surface area contributed by atoms with E-state index in [4.69, 9.17) is 0 Å². The summed E-state index contributed by atoms with van der Waals surface area (Å²) in [6.07, 6.45) is 11.7. The highest BCUT2D eigenvalue weighted by Crippen LogP contribution is 2.17. The molecule has 19 heavy (non-hydrogen) atoms.